The summed E-state index contributed by atoms with van der Waals surface area (Å²) in [6.07, 6.45) is 2.77. The first-order chi connectivity index (χ1) is 12.0. The van der Waals surface area contributed by atoms with Gasteiger partial charge in [0.05, 0.1) is 12.2 Å². The third kappa shape index (κ3) is 5.81. The van der Waals surface area contributed by atoms with E-state index < -0.39 is 6.23 Å². The number of allylic oxidation sites excluding steroid dienone is 2. The second-order valence-corrected chi connectivity index (χ2v) is 6.03. The van der Waals surface area contributed by atoms with Crippen molar-refractivity contribution in [3.63, 3.8) is 0 Å². The van der Waals surface area contributed by atoms with E-state index in [9.17, 15) is 9.90 Å². The number of anilines is 1. The number of rotatable bonds is 6. The van der Waals surface area contributed by atoms with Crippen LogP contribution in [0.5, 0.6) is 5.88 Å². The largest absolute Gasteiger partial charge is 0.476 e. The number of carbonyl (C=O) groups excluding carboxylic acids is 1. The second kappa shape index (κ2) is 9.11. The van der Waals surface area contributed by atoms with E-state index in [-0.39, 0.29) is 12.5 Å². The molecule has 1 amide bonds. The zero-order valence-electron chi connectivity index (χ0n) is 13.9. The molecule has 2 heterocycles. The molecule has 0 fully saturated rings. The molecule has 1 unspecified atom stereocenters. The molecular formula is C17H19BrN4O3. The first-order valence-electron chi connectivity index (χ1n) is 7.56. The highest BCUT2D eigenvalue weighted by Crippen LogP contribution is 2.23. The molecule has 3 N–H and O–H groups in total. The van der Waals surface area contributed by atoms with Crippen LogP contribution in [0.4, 0.5) is 5.82 Å². The predicted molar refractivity (Wildman–Crippen MR) is 98.7 cm³/mol. The Bertz CT molecular complexity index is 752. The van der Waals surface area contributed by atoms with Crippen LogP contribution in [0.3, 0.4) is 0 Å². The van der Waals surface area contributed by atoms with E-state index in [2.05, 4.69) is 43.4 Å². The summed E-state index contributed by atoms with van der Waals surface area (Å²) < 4.78 is 6.34. The van der Waals surface area contributed by atoms with Gasteiger partial charge in [-0.15, -0.1) is 0 Å². The maximum absolute atomic E-state index is 11.2. The standard InChI is InChI=1S/C17H19BrN4O3/c1-3-5-15(23)19-8-9-25-16-7-4-6-14(21-16)20-13-10-12(18)11-22(2)17(13)24/h4,6-7,10-11,17,24H,8-9H2,1-2H3,(H,19,23)(H,20,21). The number of ether oxygens (including phenoxy) is 1. The number of nitrogens with zero attached hydrogens (tertiary/aromatic N) is 2. The van der Waals surface area contributed by atoms with Crippen molar-refractivity contribution in [1.29, 1.82) is 0 Å². The van der Waals surface area contributed by atoms with Crippen molar-refractivity contribution >= 4 is 27.7 Å². The lowest BCUT2D eigenvalue weighted by molar-refractivity contribution is -0.115. The number of nitrogens with one attached hydrogen (secondary N) is 2. The summed E-state index contributed by atoms with van der Waals surface area (Å²) in [6.45, 7) is 2.21. The highest BCUT2D eigenvalue weighted by molar-refractivity contribution is 9.11. The maximum atomic E-state index is 11.2. The Balaban J connectivity index is 1.91. The van der Waals surface area contributed by atoms with Gasteiger partial charge in [-0.3, -0.25) is 4.79 Å². The highest BCUT2D eigenvalue weighted by Gasteiger charge is 2.19. The van der Waals surface area contributed by atoms with E-state index in [1.54, 1.807) is 49.3 Å². The smallest absolute Gasteiger partial charge is 0.295 e. The Labute approximate surface area is 154 Å². The zero-order valence-corrected chi connectivity index (χ0v) is 15.5. The molecule has 1 aromatic rings. The average molecular weight is 407 g/mol. The third-order valence-electron chi connectivity index (χ3n) is 3.16. The van der Waals surface area contributed by atoms with Gasteiger partial charge in [-0.05, 0) is 40.9 Å². The minimum Gasteiger partial charge on any atom is -0.476 e. The van der Waals surface area contributed by atoms with Gasteiger partial charge in [0.2, 0.25) is 5.88 Å². The molecule has 0 spiro atoms. The summed E-state index contributed by atoms with van der Waals surface area (Å²) in [5.74, 6) is 5.52. The highest BCUT2D eigenvalue weighted by atomic mass is 79.9. The van der Waals surface area contributed by atoms with Gasteiger partial charge in [0.25, 0.3) is 5.91 Å². The SMILES string of the molecule is CC#CC(=O)NCCOc1cccc(NC2=CC(Br)=CN(C)C2O)n1. The van der Waals surface area contributed by atoms with Gasteiger partial charge >= 0.3 is 0 Å². The Morgan fingerprint density at radius 3 is 3.08 bits per heavy atom. The van der Waals surface area contributed by atoms with E-state index in [1.807, 2.05) is 0 Å². The van der Waals surface area contributed by atoms with Crippen LogP contribution in [0.2, 0.25) is 0 Å². The number of aliphatic hydroxyl groups is 1. The van der Waals surface area contributed by atoms with Crippen molar-refractivity contribution < 1.29 is 14.6 Å². The molecule has 0 saturated heterocycles. The van der Waals surface area contributed by atoms with Crippen LogP contribution in [0.1, 0.15) is 6.92 Å². The predicted octanol–water partition coefficient (Wildman–Crippen LogP) is 1.40. The number of hydrogen-bond acceptors (Lipinski definition) is 6. The summed E-state index contributed by atoms with van der Waals surface area (Å²) in [4.78, 5) is 17.2. The summed E-state index contributed by atoms with van der Waals surface area (Å²) in [7, 11) is 1.77. The van der Waals surface area contributed by atoms with Crippen LogP contribution >= 0.6 is 15.9 Å². The molecule has 1 atom stereocenters. The third-order valence-corrected chi connectivity index (χ3v) is 3.59. The molecule has 0 bridgehead atoms. The lowest BCUT2D eigenvalue weighted by Gasteiger charge is -2.28. The first kappa shape index (κ1) is 18.8. The number of carbonyl (C=O) groups is 1. The Kier molecular flexibility index (Phi) is 6.86. The summed E-state index contributed by atoms with van der Waals surface area (Å²) in [6, 6.07) is 5.27. The van der Waals surface area contributed by atoms with Crippen molar-refractivity contribution in [3.05, 3.63) is 40.7 Å². The minimum atomic E-state index is -0.789. The van der Waals surface area contributed by atoms with Crippen LogP contribution in [0.25, 0.3) is 0 Å². The van der Waals surface area contributed by atoms with E-state index in [1.165, 1.54) is 0 Å². The molecular weight excluding hydrogens is 388 g/mol. The zero-order chi connectivity index (χ0) is 18.2. The number of aromatic nitrogens is 1. The summed E-state index contributed by atoms with van der Waals surface area (Å²) in [5.41, 5.74) is 0.590. The fourth-order valence-electron chi connectivity index (χ4n) is 2.04. The summed E-state index contributed by atoms with van der Waals surface area (Å²) in [5, 5.41) is 15.9. The normalized spacial score (nSPS) is 16.2. The Hall–Kier alpha value is -2.50. The molecule has 2 rings (SSSR count). The monoisotopic (exact) mass is 406 g/mol. The van der Waals surface area contributed by atoms with Gasteiger partial charge in [0.15, 0.2) is 6.23 Å². The molecule has 0 aromatic carbocycles. The fourth-order valence-corrected chi connectivity index (χ4v) is 2.61. The van der Waals surface area contributed by atoms with Crippen molar-refractivity contribution in [2.45, 2.75) is 13.2 Å². The molecule has 7 nitrogen and oxygen atoms in total. The van der Waals surface area contributed by atoms with Gasteiger partial charge in [-0.1, -0.05) is 12.0 Å². The van der Waals surface area contributed by atoms with Crippen molar-refractivity contribution in [1.82, 2.24) is 15.2 Å². The molecule has 0 saturated carbocycles. The molecule has 0 radical (unpaired) electrons. The van der Waals surface area contributed by atoms with Crippen molar-refractivity contribution in [2.75, 3.05) is 25.5 Å². The van der Waals surface area contributed by atoms with Gasteiger partial charge in [0.1, 0.15) is 12.4 Å². The van der Waals surface area contributed by atoms with Gasteiger partial charge in [-0.2, -0.15) is 4.98 Å². The number of halogens is 1. The lowest BCUT2D eigenvalue weighted by atomic mass is 10.2. The number of aliphatic hydroxyl groups excluding tert-OH is 1. The molecule has 1 aliphatic rings. The van der Waals surface area contributed by atoms with E-state index in [0.717, 1.165) is 4.48 Å². The van der Waals surface area contributed by atoms with E-state index in [4.69, 9.17) is 4.74 Å². The first-order valence-corrected chi connectivity index (χ1v) is 8.35. The van der Waals surface area contributed by atoms with Crippen LogP contribution in [0, 0.1) is 11.8 Å². The molecule has 1 aliphatic heterocycles. The lowest BCUT2D eigenvalue weighted by Crippen LogP contribution is -2.34. The van der Waals surface area contributed by atoms with Crippen molar-refractivity contribution in [2.24, 2.45) is 0 Å². The van der Waals surface area contributed by atoms with Gasteiger partial charge < -0.3 is 25.4 Å². The number of hydrogen-bond donors (Lipinski definition) is 3. The molecule has 1 aromatic heterocycles. The molecule has 0 aliphatic carbocycles. The molecule has 132 valence electrons. The fraction of sp³-hybridized carbons (Fsp3) is 0.294. The van der Waals surface area contributed by atoms with Gasteiger partial charge in [-0.25, -0.2) is 0 Å². The Morgan fingerprint density at radius 2 is 2.32 bits per heavy atom. The van der Waals surface area contributed by atoms with E-state index >= 15 is 0 Å². The van der Waals surface area contributed by atoms with E-state index in [0.29, 0.717) is 23.9 Å². The number of likely N-dealkylation sites (N-methyl/N-ethyl adjacent to an activating group) is 1. The van der Waals surface area contributed by atoms with Crippen LogP contribution in [0.15, 0.2) is 40.7 Å². The number of pyridine rings is 1. The van der Waals surface area contributed by atoms with Crippen LogP contribution < -0.4 is 15.4 Å². The molecule has 25 heavy (non-hydrogen) atoms. The average Bonchev–Trinajstić information content (AvgIpc) is 2.57. The second-order valence-electron chi connectivity index (χ2n) is 5.12. The van der Waals surface area contributed by atoms with Crippen molar-refractivity contribution in [3.8, 4) is 17.7 Å². The minimum absolute atomic E-state index is 0.274. The maximum Gasteiger partial charge on any atom is 0.295 e. The Morgan fingerprint density at radius 1 is 1.52 bits per heavy atom. The van der Waals surface area contributed by atoms with Crippen LogP contribution in [-0.2, 0) is 4.79 Å². The van der Waals surface area contributed by atoms with Crippen LogP contribution in [-0.4, -0.2) is 47.3 Å². The topological polar surface area (TPSA) is 86.7 Å². The summed E-state index contributed by atoms with van der Waals surface area (Å²) >= 11 is 3.39. The molecule has 8 heteroatoms. The number of amides is 1. The quantitative estimate of drug-likeness (QED) is 0.488. The van der Waals surface area contributed by atoms with Gasteiger partial charge in [0, 0.05) is 23.8 Å².